The smallest absolute Gasteiger partial charge is 0.261 e. The summed E-state index contributed by atoms with van der Waals surface area (Å²) in [6, 6.07) is 16.4. The number of nitrogens with zero attached hydrogens (tertiary/aromatic N) is 1. The van der Waals surface area contributed by atoms with Gasteiger partial charge in [-0.1, -0.05) is 42.5 Å². The van der Waals surface area contributed by atoms with E-state index in [1.165, 1.54) is 0 Å². The second-order valence-corrected chi connectivity index (χ2v) is 7.40. The van der Waals surface area contributed by atoms with Crippen molar-refractivity contribution in [1.29, 1.82) is 0 Å². The van der Waals surface area contributed by atoms with Crippen molar-refractivity contribution in [2.24, 2.45) is 5.92 Å². The lowest BCUT2D eigenvalue weighted by Crippen LogP contribution is -2.50. The molecule has 0 bridgehead atoms. The molecule has 1 aliphatic rings. The van der Waals surface area contributed by atoms with Crippen LogP contribution >= 0.6 is 12.2 Å². The minimum atomic E-state index is -0.499. The average Bonchev–Trinajstić information content (AvgIpc) is 3.13. The Labute approximate surface area is 185 Å². The molecular weight excluding hydrogens is 416 g/mol. The molecule has 0 radical (unpaired) electrons. The number of carbonyl (C=O) groups is 3. The van der Waals surface area contributed by atoms with Crippen LogP contribution in [0.1, 0.15) is 29.3 Å². The molecule has 162 valence electrons. The van der Waals surface area contributed by atoms with Gasteiger partial charge in [0.1, 0.15) is 5.75 Å². The van der Waals surface area contributed by atoms with Crippen LogP contribution in [0.3, 0.4) is 0 Å². The molecule has 0 aliphatic carbocycles. The highest BCUT2D eigenvalue weighted by atomic mass is 32.1. The van der Waals surface area contributed by atoms with Gasteiger partial charge in [-0.2, -0.15) is 0 Å². The fourth-order valence-electron chi connectivity index (χ4n) is 3.26. The summed E-state index contributed by atoms with van der Waals surface area (Å²) >= 11 is 5.09. The molecule has 31 heavy (non-hydrogen) atoms. The van der Waals surface area contributed by atoms with Gasteiger partial charge < -0.3 is 9.64 Å². The first-order valence-electron chi connectivity index (χ1n) is 9.92. The van der Waals surface area contributed by atoms with E-state index >= 15 is 0 Å². The zero-order valence-electron chi connectivity index (χ0n) is 17.1. The summed E-state index contributed by atoms with van der Waals surface area (Å²) in [6.45, 7) is 3.03. The summed E-state index contributed by atoms with van der Waals surface area (Å²) < 4.78 is 5.44. The van der Waals surface area contributed by atoms with Crippen LogP contribution in [0.4, 0.5) is 0 Å². The molecule has 1 heterocycles. The molecule has 3 amide bonds. The SMILES string of the molecule is CCOc1ccccc1C(=O)NC(=S)NNC(=O)C1CC(=O)N(Cc2ccccc2)C1. The molecule has 3 N–H and O–H groups in total. The molecule has 0 aromatic heterocycles. The zero-order chi connectivity index (χ0) is 22.2. The third-order valence-electron chi connectivity index (χ3n) is 4.76. The van der Waals surface area contributed by atoms with E-state index in [-0.39, 0.29) is 23.3 Å². The second-order valence-electron chi connectivity index (χ2n) is 6.99. The van der Waals surface area contributed by atoms with Gasteiger partial charge in [-0.15, -0.1) is 0 Å². The molecule has 1 fully saturated rings. The molecule has 1 unspecified atom stereocenters. The molecule has 0 saturated carbocycles. The Kier molecular flexibility index (Phi) is 7.55. The van der Waals surface area contributed by atoms with Gasteiger partial charge in [-0.05, 0) is 36.8 Å². The number of likely N-dealkylation sites (tertiary alicyclic amines) is 1. The summed E-state index contributed by atoms with van der Waals surface area (Å²) in [5.74, 6) is -0.957. The maximum absolute atomic E-state index is 12.4. The van der Waals surface area contributed by atoms with E-state index in [4.69, 9.17) is 17.0 Å². The predicted octanol–water partition coefficient (Wildman–Crippen LogP) is 1.77. The number of ether oxygens (including phenoxy) is 1. The standard InChI is InChI=1S/C22H24N4O4S/c1-2-30-18-11-7-6-10-17(18)21(29)23-22(31)25-24-20(28)16-12-19(27)26(14-16)13-15-8-4-3-5-9-15/h3-11,16H,2,12-14H2,1H3,(H,24,28)(H2,23,25,29,31). The van der Waals surface area contributed by atoms with Gasteiger partial charge in [-0.25, -0.2) is 0 Å². The molecule has 1 aliphatic heterocycles. The molecule has 8 nitrogen and oxygen atoms in total. The Morgan fingerprint density at radius 1 is 1.10 bits per heavy atom. The maximum Gasteiger partial charge on any atom is 0.261 e. The number of hydrazine groups is 1. The van der Waals surface area contributed by atoms with E-state index in [2.05, 4.69) is 16.2 Å². The first-order chi connectivity index (χ1) is 15.0. The fraction of sp³-hybridized carbons (Fsp3) is 0.273. The first kappa shape index (κ1) is 22.2. The lowest BCUT2D eigenvalue weighted by Gasteiger charge is -2.17. The minimum Gasteiger partial charge on any atom is -0.493 e. The quantitative estimate of drug-likeness (QED) is 0.468. The molecule has 0 spiro atoms. The van der Waals surface area contributed by atoms with E-state index < -0.39 is 11.8 Å². The molecule has 1 atom stereocenters. The monoisotopic (exact) mass is 440 g/mol. The summed E-state index contributed by atoms with van der Waals surface area (Å²) in [6.07, 6.45) is 0.126. The van der Waals surface area contributed by atoms with Crippen LogP contribution < -0.4 is 20.9 Å². The van der Waals surface area contributed by atoms with Gasteiger partial charge in [-0.3, -0.25) is 30.6 Å². The van der Waals surface area contributed by atoms with Gasteiger partial charge in [0, 0.05) is 19.5 Å². The Bertz CT molecular complexity index is 967. The van der Waals surface area contributed by atoms with E-state index in [1.54, 1.807) is 29.2 Å². The maximum atomic E-state index is 12.4. The zero-order valence-corrected chi connectivity index (χ0v) is 17.9. The van der Waals surface area contributed by atoms with Gasteiger partial charge in [0.2, 0.25) is 11.8 Å². The third-order valence-corrected chi connectivity index (χ3v) is 4.96. The molecule has 2 aromatic rings. The third kappa shape index (κ3) is 6.02. The van der Waals surface area contributed by atoms with Crippen molar-refractivity contribution in [2.75, 3.05) is 13.2 Å². The van der Waals surface area contributed by atoms with Crippen LogP contribution in [0.2, 0.25) is 0 Å². The van der Waals surface area contributed by atoms with Crippen molar-refractivity contribution in [3.63, 3.8) is 0 Å². The van der Waals surface area contributed by atoms with Gasteiger partial charge in [0.05, 0.1) is 18.1 Å². The Balaban J connectivity index is 1.48. The average molecular weight is 441 g/mol. The Morgan fingerprint density at radius 3 is 2.55 bits per heavy atom. The molecule has 1 saturated heterocycles. The Morgan fingerprint density at radius 2 is 1.81 bits per heavy atom. The van der Waals surface area contributed by atoms with Crippen LogP contribution in [0, 0.1) is 5.92 Å². The summed E-state index contributed by atoms with van der Waals surface area (Å²) in [4.78, 5) is 38.8. The van der Waals surface area contributed by atoms with E-state index in [9.17, 15) is 14.4 Å². The number of hydrogen-bond acceptors (Lipinski definition) is 5. The highest BCUT2D eigenvalue weighted by molar-refractivity contribution is 7.80. The second kappa shape index (κ2) is 10.5. The van der Waals surface area contributed by atoms with E-state index in [0.717, 1.165) is 5.56 Å². The summed E-state index contributed by atoms with van der Waals surface area (Å²) in [7, 11) is 0. The largest absolute Gasteiger partial charge is 0.493 e. The highest BCUT2D eigenvalue weighted by Crippen LogP contribution is 2.20. The van der Waals surface area contributed by atoms with Crippen LogP contribution in [-0.4, -0.2) is 40.9 Å². The van der Waals surface area contributed by atoms with Gasteiger partial charge >= 0.3 is 0 Å². The van der Waals surface area contributed by atoms with Crippen molar-refractivity contribution < 1.29 is 19.1 Å². The number of para-hydroxylation sites is 1. The lowest BCUT2D eigenvalue weighted by molar-refractivity contribution is -0.129. The topological polar surface area (TPSA) is 99.8 Å². The molecule has 9 heteroatoms. The number of nitrogens with one attached hydrogen (secondary N) is 3. The summed E-state index contributed by atoms with van der Waals surface area (Å²) in [5, 5.41) is 2.44. The van der Waals surface area contributed by atoms with Gasteiger partial charge in [0.15, 0.2) is 5.11 Å². The Hall–Kier alpha value is -3.46. The first-order valence-corrected chi connectivity index (χ1v) is 10.3. The predicted molar refractivity (Wildman–Crippen MR) is 119 cm³/mol. The van der Waals surface area contributed by atoms with Crippen LogP contribution in [0.5, 0.6) is 5.75 Å². The van der Waals surface area contributed by atoms with Crippen LogP contribution in [0.15, 0.2) is 54.6 Å². The number of hydrogen-bond donors (Lipinski definition) is 3. The normalized spacial score (nSPS) is 15.3. The van der Waals surface area contributed by atoms with Crippen molar-refractivity contribution in [3.8, 4) is 5.75 Å². The number of rotatable bonds is 6. The van der Waals surface area contributed by atoms with Crippen LogP contribution in [-0.2, 0) is 16.1 Å². The lowest BCUT2D eigenvalue weighted by atomic mass is 10.1. The molecule has 3 rings (SSSR count). The van der Waals surface area contributed by atoms with Crippen molar-refractivity contribution in [1.82, 2.24) is 21.1 Å². The highest BCUT2D eigenvalue weighted by Gasteiger charge is 2.34. The number of amides is 3. The van der Waals surface area contributed by atoms with Crippen molar-refractivity contribution >= 4 is 35.1 Å². The molecule has 2 aromatic carbocycles. The number of thiocarbonyl (C=S) groups is 1. The van der Waals surface area contributed by atoms with E-state index in [0.29, 0.717) is 31.0 Å². The van der Waals surface area contributed by atoms with E-state index in [1.807, 2.05) is 37.3 Å². The summed E-state index contributed by atoms with van der Waals surface area (Å²) in [5.41, 5.74) is 6.33. The minimum absolute atomic E-state index is 0.0601. The van der Waals surface area contributed by atoms with Crippen LogP contribution in [0.25, 0.3) is 0 Å². The van der Waals surface area contributed by atoms with Crippen molar-refractivity contribution in [2.45, 2.75) is 19.9 Å². The number of carbonyl (C=O) groups excluding carboxylic acids is 3. The van der Waals surface area contributed by atoms with Gasteiger partial charge in [0.25, 0.3) is 5.91 Å². The molecular formula is C22H24N4O4S. The fourth-order valence-corrected chi connectivity index (χ4v) is 3.41. The number of benzene rings is 2. The van der Waals surface area contributed by atoms with Crippen molar-refractivity contribution in [3.05, 3.63) is 65.7 Å².